The highest BCUT2D eigenvalue weighted by Crippen LogP contribution is 2.24. The molecule has 0 bridgehead atoms. The lowest BCUT2D eigenvalue weighted by molar-refractivity contribution is -0.906. The summed E-state index contributed by atoms with van der Waals surface area (Å²) in [5, 5.41) is 0. The maximum absolute atomic E-state index is 13.1. The molecule has 230 valence electrons. The van der Waals surface area contributed by atoms with E-state index in [2.05, 4.69) is 77.3 Å². The summed E-state index contributed by atoms with van der Waals surface area (Å²) in [6.07, 6.45) is 17.3. The molecule has 2 aromatic carbocycles. The van der Waals surface area contributed by atoms with Gasteiger partial charge in [0.05, 0.1) is 20.6 Å². The second-order valence-corrected chi connectivity index (χ2v) is 12.5. The molecule has 0 radical (unpaired) electrons. The maximum Gasteiger partial charge on any atom is 0.314 e. The second kappa shape index (κ2) is 20.5. The Bertz CT molecular complexity index is 942. The van der Waals surface area contributed by atoms with Crippen LogP contribution in [-0.2, 0) is 22.5 Å². The van der Waals surface area contributed by atoms with Crippen LogP contribution in [0.3, 0.4) is 0 Å². The molecule has 0 aliphatic carbocycles. The van der Waals surface area contributed by atoms with Crippen molar-refractivity contribution in [3.63, 3.8) is 0 Å². The van der Waals surface area contributed by atoms with Gasteiger partial charge in [0.25, 0.3) is 0 Å². The molecule has 0 aromatic heterocycles. The van der Waals surface area contributed by atoms with E-state index in [1.165, 1.54) is 81.8 Å². The van der Waals surface area contributed by atoms with Crippen LogP contribution in [0.4, 0.5) is 0 Å². The quantitative estimate of drug-likeness (QED) is 0.0763. The van der Waals surface area contributed by atoms with E-state index in [4.69, 9.17) is 9.47 Å². The molecule has 2 atom stereocenters. The van der Waals surface area contributed by atoms with Gasteiger partial charge in [-0.2, -0.15) is 0 Å². The third kappa shape index (κ3) is 14.9. The van der Waals surface area contributed by atoms with Crippen LogP contribution in [0.2, 0.25) is 0 Å². The van der Waals surface area contributed by atoms with Crippen molar-refractivity contribution in [3.05, 3.63) is 65.7 Å². The van der Waals surface area contributed by atoms with Gasteiger partial charge in [-0.1, -0.05) is 134 Å². The third-order valence-electron chi connectivity index (χ3n) is 8.18. The van der Waals surface area contributed by atoms with E-state index in [1.807, 2.05) is 12.1 Å². The average molecular weight is 567 g/mol. The van der Waals surface area contributed by atoms with Crippen molar-refractivity contribution in [1.82, 2.24) is 0 Å². The Hall–Kier alpha value is -2.33. The van der Waals surface area contributed by atoms with E-state index < -0.39 is 0 Å². The van der Waals surface area contributed by atoms with Crippen molar-refractivity contribution in [3.8, 4) is 5.75 Å². The molecule has 0 aliphatic rings. The van der Waals surface area contributed by atoms with Crippen molar-refractivity contribution >= 4 is 5.97 Å². The van der Waals surface area contributed by atoms with Gasteiger partial charge in [0.15, 0.2) is 0 Å². The van der Waals surface area contributed by atoms with Gasteiger partial charge >= 0.3 is 5.97 Å². The normalized spacial score (nSPS) is 13.1. The van der Waals surface area contributed by atoms with Crippen molar-refractivity contribution in [2.75, 3.05) is 27.2 Å². The molecule has 0 fully saturated rings. The fraction of sp³-hybridized carbons (Fsp3) is 0.649. The van der Waals surface area contributed by atoms with E-state index in [0.29, 0.717) is 6.61 Å². The number of hydrogen-bond donors (Lipinski definition) is 0. The summed E-state index contributed by atoms with van der Waals surface area (Å²) in [6.45, 7) is 8.40. The Labute approximate surface area is 252 Å². The summed E-state index contributed by atoms with van der Waals surface area (Å²) in [5.41, 5.74) is 2.55. The first-order valence-electron chi connectivity index (χ1n) is 16.7. The number of ether oxygens (including phenoxy) is 2. The van der Waals surface area contributed by atoms with E-state index in [0.717, 1.165) is 42.6 Å². The number of aryl methyl sites for hydroxylation is 1. The highest BCUT2D eigenvalue weighted by Gasteiger charge is 2.28. The van der Waals surface area contributed by atoms with Gasteiger partial charge in [0.2, 0.25) is 0 Å². The van der Waals surface area contributed by atoms with E-state index in [9.17, 15) is 4.79 Å². The summed E-state index contributed by atoms with van der Waals surface area (Å²) in [4.78, 5) is 13.1. The van der Waals surface area contributed by atoms with Crippen LogP contribution >= 0.6 is 0 Å². The zero-order valence-electron chi connectivity index (χ0n) is 27.0. The van der Waals surface area contributed by atoms with Gasteiger partial charge in [-0.15, -0.1) is 0 Å². The number of para-hydroxylation sites is 1. The number of hydrogen-bond acceptors (Lipinski definition) is 3. The maximum atomic E-state index is 13.1. The molecule has 41 heavy (non-hydrogen) atoms. The summed E-state index contributed by atoms with van der Waals surface area (Å²) in [5.74, 6) is 0.706. The molecule has 0 N–H and O–H groups in total. The van der Waals surface area contributed by atoms with Crippen LogP contribution in [-0.4, -0.2) is 43.8 Å². The van der Waals surface area contributed by atoms with Crippen molar-refractivity contribution in [2.45, 2.75) is 123 Å². The fourth-order valence-electron chi connectivity index (χ4n) is 5.62. The van der Waals surface area contributed by atoms with E-state index in [-0.39, 0.29) is 18.0 Å². The molecule has 0 spiro atoms. The number of unbranched alkanes of at least 4 members (excludes halogenated alkanes) is 10. The molecule has 4 heteroatoms. The molecular weight excluding hydrogens is 506 g/mol. The highest BCUT2D eigenvalue weighted by atomic mass is 16.6. The number of benzene rings is 2. The summed E-state index contributed by atoms with van der Waals surface area (Å²) < 4.78 is 13.0. The lowest BCUT2D eigenvalue weighted by Crippen LogP contribution is -2.45. The molecule has 0 saturated carbocycles. The first-order valence-corrected chi connectivity index (χ1v) is 16.7. The molecule has 0 aliphatic heterocycles. The summed E-state index contributed by atoms with van der Waals surface area (Å²) in [6, 6.07) is 18.9. The third-order valence-corrected chi connectivity index (χ3v) is 8.18. The first kappa shape index (κ1) is 34.9. The fourth-order valence-corrected chi connectivity index (χ4v) is 5.62. The Morgan fingerprint density at radius 1 is 0.732 bits per heavy atom. The van der Waals surface area contributed by atoms with E-state index >= 15 is 0 Å². The van der Waals surface area contributed by atoms with Crippen LogP contribution < -0.4 is 4.74 Å². The number of carbonyl (C=O) groups excluding carboxylic acids is 1. The van der Waals surface area contributed by atoms with Crippen LogP contribution in [0.25, 0.3) is 0 Å². The number of rotatable bonds is 23. The topological polar surface area (TPSA) is 35.5 Å². The highest BCUT2D eigenvalue weighted by molar-refractivity contribution is 5.72. The second-order valence-electron chi connectivity index (χ2n) is 12.5. The van der Waals surface area contributed by atoms with Crippen molar-refractivity contribution in [2.24, 2.45) is 5.92 Å². The molecule has 0 amide bonds. The molecule has 0 heterocycles. The Balaban J connectivity index is 1.75. The monoisotopic (exact) mass is 566 g/mol. The van der Waals surface area contributed by atoms with Crippen molar-refractivity contribution in [1.29, 1.82) is 0 Å². The minimum absolute atomic E-state index is 0.108. The van der Waals surface area contributed by atoms with E-state index in [1.54, 1.807) is 0 Å². The van der Waals surface area contributed by atoms with Gasteiger partial charge in [0, 0.05) is 5.56 Å². The number of quaternary nitrogens is 1. The average Bonchev–Trinajstić information content (AvgIpc) is 2.97. The minimum atomic E-state index is -0.137. The molecule has 2 aromatic rings. The SMILES string of the molecule is CCCCCCCCCCCCCc1ccccc1OC(CC)COC(=O)C(CC)C[N+](C)(C)Cc1ccccc1. The molecule has 4 nitrogen and oxygen atoms in total. The molecule has 2 unspecified atom stereocenters. The lowest BCUT2D eigenvalue weighted by atomic mass is 10.0. The van der Waals surface area contributed by atoms with Gasteiger partial charge in [0.1, 0.15) is 30.9 Å². The number of esters is 1. The van der Waals surface area contributed by atoms with Crippen LogP contribution in [0.15, 0.2) is 54.6 Å². The predicted octanol–water partition coefficient (Wildman–Crippen LogP) is 9.54. The van der Waals surface area contributed by atoms with Crippen molar-refractivity contribution < 1.29 is 18.8 Å². The van der Waals surface area contributed by atoms with Gasteiger partial charge < -0.3 is 14.0 Å². The molecule has 2 rings (SSSR count). The summed E-state index contributed by atoms with van der Waals surface area (Å²) >= 11 is 0. The minimum Gasteiger partial charge on any atom is -0.487 e. The Kier molecular flexibility index (Phi) is 17.5. The number of carbonyl (C=O) groups is 1. The largest absolute Gasteiger partial charge is 0.487 e. The zero-order valence-corrected chi connectivity index (χ0v) is 27.0. The van der Waals surface area contributed by atoms with Crippen LogP contribution in [0.1, 0.15) is 115 Å². The zero-order chi connectivity index (χ0) is 29.8. The van der Waals surface area contributed by atoms with Crippen LogP contribution in [0.5, 0.6) is 5.75 Å². The van der Waals surface area contributed by atoms with Gasteiger partial charge in [-0.05, 0) is 37.3 Å². The van der Waals surface area contributed by atoms with Crippen LogP contribution in [0, 0.1) is 5.92 Å². The Morgan fingerprint density at radius 2 is 1.32 bits per heavy atom. The number of nitrogens with zero attached hydrogens (tertiary/aromatic N) is 1. The molecule has 0 saturated heterocycles. The Morgan fingerprint density at radius 3 is 1.93 bits per heavy atom. The first-order chi connectivity index (χ1) is 19.9. The standard InChI is InChI=1S/C37H60NO3/c1-6-9-10-11-12-13-14-15-16-17-21-26-34-27-22-23-28-36(34)41-35(8-3)31-40-37(39)33(7-2)30-38(4,5)29-32-24-19-18-20-25-32/h18-20,22-25,27-28,33,35H,6-17,21,26,29-31H2,1-5H3/q+1. The van der Waals surface area contributed by atoms with Gasteiger partial charge in [-0.3, -0.25) is 4.79 Å². The smallest absolute Gasteiger partial charge is 0.314 e. The predicted molar refractivity (Wildman–Crippen MR) is 173 cm³/mol. The lowest BCUT2D eigenvalue weighted by Gasteiger charge is -2.33. The van der Waals surface area contributed by atoms with Gasteiger partial charge in [-0.25, -0.2) is 0 Å². The molecular formula is C37H60NO3+. The summed E-state index contributed by atoms with van der Waals surface area (Å²) in [7, 11) is 4.38.